The molecule has 0 unspecified atom stereocenters. The highest BCUT2D eigenvalue weighted by molar-refractivity contribution is 5.80. The van der Waals surface area contributed by atoms with E-state index in [0.717, 1.165) is 25.3 Å². The summed E-state index contributed by atoms with van der Waals surface area (Å²) in [4.78, 5) is 28.5. The number of aliphatic hydroxyl groups is 1. The highest BCUT2D eigenvalue weighted by Crippen LogP contribution is 2.09. The van der Waals surface area contributed by atoms with E-state index in [2.05, 4.69) is 6.08 Å². The quantitative estimate of drug-likeness (QED) is 0.153. The van der Waals surface area contributed by atoms with E-state index in [1.807, 2.05) is 12.2 Å². The third-order valence-electron chi connectivity index (χ3n) is 3.18. The monoisotopic (exact) mass is 352 g/mol. The minimum absolute atomic E-state index is 0.0278. The highest BCUT2D eigenvalue weighted by atomic mass is 16.4. The highest BCUT2D eigenvalue weighted by Gasteiger charge is 1.91. The van der Waals surface area contributed by atoms with E-state index in [4.69, 9.17) is 10.2 Å². The van der Waals surface area contributed by atoms with Gasteiger partial charge in [-0.3, -0.25) is 0 Å². The minimum atomic E-state index is -0.921. The lowest BCUT2D eigenvalue weighted by atomic mass is 10.1. The topological polar surface area (TPSA) is 91.7 Å². The van der Waals surface area contributed by atoms with Gasteiger partial charge in [0.15, 0.2) is 0 Å². The van der Waals surface area contributed by atoms with Gasteiger partial charge in [0.05, 0.1) is 6.42 Å². The number of aliphatic carboxylic acids is 1. The molecule has 0 radical (unpaired) electrons. The molecule has 0 rings (SSSR count). The van der Waals surface area contributed by atoms with Crippen LogP contribution in [0, 0.1) is 0 Å². The Balaban J connectivity index is 0. The van der Waals surface area contributed by atoms with E-state index in [1.165, 1.54) is 44.6 Å². The maximum atomic E-state index is 10.2. The lowest BCUT2D eigenvalue weighted by Gasteiger charge is -2.00. The van der Waals surface area contributed by atoms with Crippen molar-refractivity contribution in [3.63, 3.8) is 0 Å². The number of aliphatic hydroxyl groups excluding tert-OH is 1. The third-order valence-corrected chi connectivity index (χ3v) is 3.18. The molecule has 0 atom stereocenters. The fraction of sp³-hybridized carbons (Fsp3) is 0.550. The van der Waals surface area contributed by atoms with Crippen molar-refractivity contribution in [3.05, 3.63) is 36.5 Å². The van der Waals surface area contributed by atoms with E-state index >= 15 is 0 Å². The smallest absolute Gasteiger partial charge is 0.328 e. The van der Waals surface area contributed by atoms with Gasteiger partial charge >= 0.3 is 5.97 Å². The first-order valence-corrected chi connectivity index (χ1v) is 8.90. The number of allylic oxidation sites excluding steroid dienone is 5. The van der Waals surface area contributed by atoms with Crippen molar-refractivity contribution in [3.8, 4) is 0 Å². The second-order valence-corrected chi connectivity index (χ2v) is 5.42. The minimum Gasteiger partial charge on any atom is -0.478 e. The van der Waals surface area contributed by atoms with Gasteiger partial charge < -0.3 is 19.8 Å². The van der Waals surface area contributed by atoms with Crippen LogP contribution in [0.2, 0.25) is 0 Å². The molecule has 142 valence electrons. The Morgan fingerprint density at radius 1 is 0.720 bits per heavy atom. The molecule has 5 heteroatoms. The molecular formula is C20H32O5. The van der Waals surface area contributed by atoms with Gasteiger partial charge in [-0.05, 0) is 19.3 Å². The van der Waals surface area contributed by atoms with Gasteiger partial charge in [-0.2, -0.15) is 0 Å². The van der Waals surface area contributed by atoms with E-state index in [1.54, 1.807) is 6.08 Å². The molecule has 0 saturated carbocycles. The molecule has 2 N–H and O–H groups in total. The number of carbonyl (C=O) groups excluding carboxylic acids is 2. The molecule has 0 aliphatic heterocycles. The van der Waals surface area contributed by atoms with Crippen LogP contribution in [0.5, 0.6) is 0 Å². The van der Waals surface area contributed by atoms with Crippen molar-refractivity contribution in [2.24, 2.45) is 0 Å². The number of aldehydes is 2. The molecule has 0 fully saturated rings. The normalized spacial score (nSPS) is 10.9. The summed E-state index contributed by atoms with van der Waals surface area (Å²) in [6.45, 7) is 0.326. The molecule has 0 aromatic rings. The van der Waals surface area contributed by atoms with Crippen LogP contribution in [0.25, 0.3) is 0 Å². The first-order chi connectivity index (χ1) is 12.2. The van der Waals surface area contributed by atoms with Crippen LogP contribution < -0.4 is 0 Å². The Hall–Kier alpha value is -2.01. The Morgan fingerprint density at radius 3 is 1.72 bits per heavy atom. The Morgan fingerprint density at radius 2 is 1.24 bits per heavy atom. The second-order valence-electron chi connectivity index (χ2n) is 5.42. The molecule has 0 amide bonds. The van der Waals surface area contributed by atoms with Crippen LogP contribution in [-0.2, 0) is 14.4 Å². The Labute approximate surface area is 151 Å². The predicted octanol–water partition coefficient (Wildman–Crippen LogP) is 4.02. The summed E-state index contributed by atoms with van der Waals surface area (Å²) in [5.41, 5.74) is 0. The van der Waals surface area contributed by atoms with Gasteiger partial charge in [0.25, 0.3) is 0 Å². The number of carboxylic acids is 1. The molecule has 0 aromatic carbocycles. The summed E-state index contributed by atoms with van der Waals surface area (Å²) >= 11 is 0. The molecule has 0 heterocycles. The summed E-state index contributed by atoms with van der Waals surface area (Å²) < 4.78 is 0. The molecule has 0 bridgehead atoms. The van der Waals surface area contributed by atoms with Gasteiger partial charge in [-0.15, -0.1) is 0 Å². The maximum absolute atomic E-state index is 10.2. The fourth-order valence-corrected chi connectivity index (χ4v) is 1.91. The first-order valence-electron chi connectivity index (χ1n) is 8.90. The van der Waals surface area contributed by atoms with Gasteiger partial charge in [-0.25, -0.2) is 4.79 Å². The van der Waals surface area contributed by atoms with E-state index in [0.29, 0.717) is 19.2 Å². The summed E-state index contributed by atoms with van der Waals surface area (Å²) in [6, 6.07) is 0. The van der Waals surface area contributed by atoms with Crippen molar-refractivity contribution >= 4 is 18.5 Å². The molecule has 0 aromatic heterocycles. The number of rotatable bonds is 15. The molecule has 0 saturated heterocycles. The van der Waals surface area contributed by atoms with Crippen LogP contribution in [0.1, 0.15) is 64.2 Å². The number of carboxylic acid groups (broad SMARTS) is 1. The largest absolute Gasteiger partial charge is 0.478 e. The lowest BCUT2D eigenvalue weighted by Crippen LogP contribution is -1.84. The van der Waals surface area contributed by atoms with Crippen molar-refractivity contribution in [1.29, 1.82) is 0 Å². The van der Waals surface area contributed by atoms with Gasteiger partial charge in [0.1, 0.15) is 12.6 Å². The van der Waals surface area contributed by atoms with Gasteiger partial charge in [-0.1, -0.05) is 68.9 Å². The van der Waals surface area contributed by atoms with Crippen LogP contribution >= 0.6 is 0 Å². The summed E-state index contributed by atoms with van der Waals surface area (Å²) in [5, 5.41) is 17.0. The molecular weight excluding hydrogens is 320 g/mol. The van der Waals surface area contributed by atoms with Crippen LogP contribution in [0.15, 0.2) is 36.5 Å². The zero-order chi connectivity index (χ0) is 19.0. The van der Waals surface area contributed by atoms with Crippen molar-refractivity contribution in [2.45, 2.75) is 64.2 Å². The number of hydrogen-bond donors (Lipinski definition) is 2. The van der Waals surface area contributed by atoms with Crippen molar-refractivity contribution < 1.29 is 24.6 Å². The van der Waals surface area contributed by atoms with Crippen molar-refractivity contribution in [1.82, 2.24) is 0 Å². The Kier molecular flexibility index (Phi) is 24.5. The summed E-state index contributed by atoms with van der Waals surface area (Å²) in [7, 11) is 0. The summed E-state index contributed by atoms with van der Waals surface area (Å²) in [6.07, 6.45) is 22.2. The predicted molar refractivity (Wildman–Crippen MR) is 100 cm³/mol. The van der Waals surface area contributed by atoms with Crippen LogP contribution in [0.4, 0.5) is 0 Å². The zero-order valence-electron chi connectivity index (χ0n) is 15.0. The standard InChI is InChI=1S/C17H28O3.C3H4O2/c18-16-14-12-10-8-6-4-2-1-3-5-7-9-11-13-15-17(19)20;4-2-1-3-5/h5,7,9,11,13,15,18H,1-4,6,8,10,12,14,16H2,(H,19,20);2-3H,1H2. The summed E-state index contributed by atoms with van der Waals surface area (Å²) in [5.74, 6) is -0.921. The second kappa shape index (κ2) is 24.2. The van der Waals surface area contributed by atoms with Gasteiger partial charge in [0.2, 0.25) is 0 Å². The average Bonchev–Trinajstić information content (AvgIpc) is 2.59. The van der Waals surface area contributed by atoms with E-state index in [9.17, 15) is 14.4 Å². The van der Waals surface area contributed by atoms with Crippen molar-refractivity contribution in [2.75, 3.05) is 6.61 Å². The first kappa shape index (κ1) is 25.2. The molecule has 0 spiro atoms. The SMILES string of the molecule is O=C(O)C=CC=CC=CCCCCCCCCCCO.O=CCC=O. The average molecular weight is 352 g/mol. The van der Waals surface area contributed by atoms with Crippen LogP contribution in [0.3, 0.4) is 0 Å². The molecule has 0 aliphatic carbocycles. The fourth-order valence-electron chi connectivity index (χ4n) is 1.91. The molecule has 5 nitrogen and oxygen atoms in total. The maximum Gasteiger partial charge on any atom is 0.328 e. The molecule has 25 heavy (non-hydrogen) atoms. The van der Waals surface area contributed by atoms with Gasteiger partial charge in [0, 0.05) is 12.7 Å². The number of hydrogen-bond acceptors (Lipinski definition) is 4. The number of carbonyl (C=O) groups is 3. The Bertz CT molecular complexity index is 391. The number of unbranched alkanes of at least 4 members (excludes halogenated alkanes) is 8. The zero-order valence-corrected chi connectivity index (χ0v) is 15.0. The lowest BCUT2D eigenvalue weighted by molar-refractivity contribution is -0.131. The van der Waals surface area contributed by atoms with E-state index in [-0.39, 0.29) is 6.42 Å². The molecule has 0 aliphatic rings. The van der Waals surface area contributed by atoms with E-state index < -0.39 is 5.97 Å². The third kappa shape index (κ3) is 30.4. The van der Waals surface area contributed by atoms with Crippen LogP contribution in [-0.4, -0.2) is 35.4 Å².